The number of nitrogens with zero attached hydrogens (tertiary/aromatic N) is 2. The van der Waals surface area contributed by atoms with Crippen molar-refractivity contribution in [1.29, 1.82) is 0 Å². The van der Waals surface area contributed by atoms with E-state index in [0.29, 0.717) is 5.56 Å². The summed E-state index contributed by atoms with van der Waals surface area (Å²) in [6.45, 7) is 2.06. The second-order valence-corrected chi connectivity index (χ2v) is 6.53. The van der Waals surface area contributed by atoms with Crippen LogP contribution in [0.1, 0.15) is 44.1 Å². The van der Waals surface area contributed by atoms with Crippen LogP contribution in [0.4, 0.5) is 0 Å². The third kappa shape index (κ3) is 4.42. The minimum Gasteiger partial charge on any atom is -0.386 e. The van der Waals surface area contributed by atoms with Crippen LogP contribution in [0.5, 0.6) is 0 Å². The van der Waals surface area contributed by atoms with Crippen LogP contribution in [0.2, 0.25) is 0 Å². The van der Waals surface area contributed by atoms with E-state index in [-0.39, 0.29) is 6.42 Å². The van der Waals surface area contributed by atoms with Gasteiger partial charge < -0.3 is 5.11 Å². The molecule has 0 saturated heterocycles. The van der Waals surface area contributed by atoms with Crippen LogP contribution >= 0.6 is 0 Å². The summed E-state index contributed by atoms with van der Waals surface area (Å²) in [4.78, 5) is 22.3. The molecule has 25 heavy (non-hydrogen) atoms. The van der Waals surface area contributed by atoms with Crippen molar-refractivity contribution in [1.82, 2.24) is 0 Å². The predicted octanol–water partition coefficient (Wildman–Crippen LogP) is 3.19. The lowest BCUT2D eigenvalue weighted by Gasteiger charge is -2.35. The van der Waals surface area contributed by atoms with E-state index in [4.69, 9.17) is 0 Å². The number of benzene rings is 1. The molecule has 1 aliphatic carbocycles. The SMILES string of the molecule is CCCC/C=C\[C@@H]1C[C@@H](O)[C@@H]([N+](=O)[O-])[C@H](c2ccccc2)[C@@H]1[N+](=O)[O-]. The molecule has 1 aromatic rings. The van der Waals surface area contributed by atoms with Crippen molar-refractivity contribution in [2.24, 2.45) is 5.92 Å². The Morgan fingerprint density at radius 2 is 1.80 bits per heavy atom. The van der Waals surface area contributed by atoms with Crippen molar-refractivity contribution in [3.8, 4) is 0 Å². The molecule has 1 aliphatic rings. The number of hydrogen-bond acceptors (Lipinski definition) is 5. The van der Waals surface area contributed by atoms with E-state index in [2.05, 4.69) is 6.92 Å². The molecule has 2 rings (SSSR count). The number of rotatable bonds is 7. The van der Waals surface area contributed by atoms with Gasteiger partial charge in [-0.3, -0.25) is 20.2 Å². The average Bonchev–Trinajstić information content (AvgIpc) is 2.58. The summed E-state index contributed by atoms with van der Waals surface area (Å²) in [5, 5.41) is 33.7. The zero-order valence-electron chi connectivity index (χ0n) is 14.2. The highest BCUT2D eigenvalue weighted by Gasteiger charge is 2.56. The van der Waals surface area contributed by atoms with Gasteiger partial charge in [-0.25, -0.2) is 0 Å². The molecule has 5 atom stereocenters. The highest BCUT2D eigenvalue weighted by Crippen LogP contribution is 2.40. The quantitative estimate of drug-likeness (QED) is 0.352. The van der Waals surface area contributed by atoms with E-state index in [1.807, 2.05) is 6.08 Å². The number of nitro groups is 2. The lowest BCUT2D eigenvalue weighted by Crippen LogP contribution is -2.54. The lowest BCUT2D eigenvalue weighted by molar-refractivity contribution is -0.586. The van der Waals surface area contributed by atoms with E-state index >= 15 is 0 Å². The highest BCUT2D eigenvalue weighted by atomic mass is 16.6. The fraction of sp³-hybridized carbons (Fsp3) is 0.556. The van der Waals surface area contributed by atoms with Gasteiger partial charge in [0.05, 0.1) is 0 Å². The smallest absolute Gasteiger partial charge is 0.251 e. The lowest BCUT2D eigenvalue weighted by atomic mass is 9.69. The van der Waals surface area contributed by atoms with Crippen LogP contribution < -0.4 is 0 Å². The molecule has 0 bridgehead atoms. The summed E-state index contributed by atoms with van der Waals surface area (Å²) < 4.78 is 0. The summed E-state index contributed by atoms with van der Waals surface area (Å²) in [6, 6.07) is 5.98. The molecule has 0 heterocycles. The predicted molar refractivity (Wildman–Crippen MR) is 93.5 cm³/mol. The minimum absolute atomic E-state index is 0.0310. The molecule has 0 spiro atoms. The van der Waals surface area contributed by atoms with Crippen LogP contribution in [0.25, 0.3) is 0 Å². The fourth-order valence-corrected chi connectivity index (χ4v) is 3.68. The van der Waals surface area contributed by atoms with E-state index < -0.39 is 39.9 Å². The maximum Gasteiger partial charge on any atom is 0.251 e. The molecule has 1 aromatic carbocycles. The van der Waals surface area contributed by atoms with Crippen molar-refractivity contribution < 1.29 is 15.0 Å². The number of aliphatic hydroxyl groups is 1. The van der Waals surface area contributed by atoms with E-state index in [1.165, 1.54) is 0 Å². The van der Waals surface area contributed by atoms with E-state index in [1.54, 1.807) is 36.4 Å². The number of allylic oxidation sites excluding steroid dienone is 1. The molecule has 0 amide bonds. The van der Waals surface area contributed by atoms with Gasteiger partial charge in [-0.05, 0) is 18.4 Å². The van der Waals surface area contributed by atoms with Gasteiger partial charge in [0.1, 0.15) is 12.0 Å². The van der Waals surface area contributed by atoms with Gasteiger partial charge in [-0.2, -0.15) is 0 Å². The molecule has 0 aromatic heterocycles. The Hall–Kier alpha value is -2.28. The van der Waals surface area contributed by atoms with E-state index in [9.17, 15) is 25.3 Å². The van der Waals surface area contributed by atoms with Crippen LogP contribution in [-0.2, 0) is 0 Å². The second kappa shape index (κ2) is 8.71. The Kier molecular flexibility index (Phi) is 6.64. The molecule has 7 heteroatoms. The van der Waals surface area contributed by atoms with Crippen molar-refractivity contribution in [2.75, 3.05) is 0 Å². The maximum atomic E-state index is 11.8. The van der Waals surface area contributed by atoms with Crippen molar-refractivity contribution >= 4 is 0 Å². The Balaban J connectivity index is 2.41. The standard InChI is InChI=1S/C18H24N2O5/c1-2-3-4-6-11-14-12-15(21)18(20(24)25)16(17(14)19(22)23)13-9-7-5-8-10-13/h5-11,14-18,21H,2-4,12H2,1H3/b11-6-/t14-,15-,16-,17-,18-/m1/s1. The Bertz CT molecular complexity index is 619. The van der Waals surface area contributed by atoms with Crippen LogP contribution in [-0.4, -0.2) is 33.1 Å². The molecule has 1 fully saturated rings. The van der Waals surface area contributed by atoms with Crippen molar-refractivity contribution in [3.05, 3.63) is 68.3 Å². The molecular formula is C18H24N2O5. The van der Waals surface area contributed by atoms with Crippen LogP contribution in [0, 0.1) is 26.1 Å². The van der Waals surface area contributed by atoms with Gasteiger partial charge in [-0.1, -0.05) is 62.2 Å². The molecule has 1 saturated carbocycles. The largest absolute Gasteiger partial charge is 0.386 e. The molecule has 0 aliphatic heterocycles. The third-order valence-electron chi connectivity index (χ3n) is 4.86. The van der Waals surface area contributed by atoms with Crippen LogP contribution in [0.15, 0.2) is 42.5 Å². The number of hydrogen-bond donors (Lipinski definition) is 1. The summed E-state index contributed by atoms with van der Waals surface area (Å²) in [5.41, 5.74) is 0.525. The monoisotopic (exact) mass is 348 g/mol. The zero-order valence-corrected chi connectivity index (χ0v) is 14.2. The first-order valence-corrected chi connectivity index (χ1v) is 8.64. The van der Waals surface area contributed by atoms with Gasteiger partial charge in [0.2, 0.25) is 6.04 Å². The molecule has 0 radical (unpaired) electrons. The maximum absolute atomic E-state index is 11.8. The Labute approximate surface area is 146 Å². The van der Waals surface area contributed by atoms with Gasteiger partial charge >= 0.3 is 0 Å². The van der Waals surface area contributed by atoms with Crippen LogP contribution in [0.3, 0.4) is 0 Å². The third-order valence-corrected chi connectivity index (χ3v) is 4.86. The molecule has 136 valence electrons. The van der Waals surface area contributed by atoms with Gasteiger partial charge in [0.25, 0.3) is 6.04 Å². The summed E-state index contributed by atoms with van der Waals surface area (Å²) in [6.07, 6.45) is 5.29. The topological polar surface area (TPSA) is 107 Å². The molecule has 0 unspecified atom stereocenters. The minimum atomic E-state index is -1.38. The Morgan fingerprint density at radius 3 is 2.36 bits per heavy atom. The average molecular weight is 348 g/mol. The van der Waals surface area contributed by atoms with Crippen molar-refractivity contribution in [3.63, 3.8) is 0 Å². The summed E-state index contributed by atoms with van der Waals surface area (Å²) >= 11 is 0. The molecule has 1 N–H and O–H groups in total. The van der Waals surface area contributed by atoms with Crippen molar-refractivity contribution in [2.45, 2.75) is 56.7 Å². The number of aliphatic hydroxyl groups excluding tert-OH is 1. The summed E-state index contributed by atoms with van der Waals surface area (Å²) in [7, 11) is 0. The highest BCUT2D eigenvalue weighted by molar-refractivity contribution is 5.25. The normalized spacial score (nSPS) is 29.6. The summed E-state index contributed by atoms with van der Waals surface area (Å²) in [5.74, 6) is -1.49. The molecular weight excluding hydrogens is 324 g/mol. The number of unbranched alkanes of at least 4 members (excludes halogenated alkanes) is 2. The Morgan fingerprint density at radius 1 is 1.16 bits per heavy atom. The zero-order chi connectivity index (χ0) is 18.4. The first-order chi connectivity index (χ1) is 12.0. The van der Waals surface area contributed by atoms with Gasteiger partial charge in [0, 0.05) is 15.8 Å². The van der Waals surface area contributed by atoms with Gasteiger partial charge in [-0.15, -0.1) is 0 Å². The van der Waals surface area contributed by atoms with Gasteiger partial charge in [0.15, 0.2) is 0 Å². The van der Waals surface area contributed by atoms with E-state index in [0.717, 1.165) is 19.3 Å². The second-order valence-electron chi connectivity index (χ2n) is 6.53. The molecule has 7 nitrogen and oxygen atoms in total. The fourth-order valence-electron chi connectivity index (χ4n) is 3.68. The first-order valence-electron chi connectivity index (χ1n) is 8.64. The first kappa shape index (κ1) is 19.1.